The molecule has 1 aliphatic rings. The minimum atomic E-state index is -0.474. The zero-order valence-electron chi connectivity index (χ0n) is 14.8. The van der Waals surface area contributed by atoms with E-state index < -0.39 is 5.97 Å². The Morgan fingerprint density at radius 3 is 2.54 bits per heavy atom. The van der Waals surface area contributed by atoms with Crippen LogP contribution in [0.3, 0.4) is 0 Å². The van der Waals surface area contributed by atoms with Crippen molar-refractivity contribution in [3.63, 3.8) is 0 Å². The van der Waals surface area contributed by atoms with Crippen molar-refractivity contribution in [1.82, 2.24) is 5.32 Å². The number of ether oxygens (including phenoxy) is 3. The molecule has 0 fully saturated rings. The van der Waals surface area contributed by atoms with Gasteiger partial charge < -0.3 is 19.5 Å². The van der Waals surface area contributed by atoms with Gasteiger partial charge in [0.25, 0.3) is 5.91 Å². The number of nitrogens with one attached hydrogen (secondary N) is 1. The van der Waals surface area contributed by atoms with Crippen molar-refractivity contribution >= 4 is 11.9 Å². The fourth-order valence-corrected chi connectivity index (χ4v) is 2.84. The van der Waals surface area contributed by atoms with Crippen LogP contribution in [0.15, 0.2) is 42.5 Å². The third-order valence-corrected chi connectivity index (χ3v) is 4.23. The SMILES string of the molecule is CCC(NC(=O)c1cccc(C(=O)OC)c1)c1ccc2c(c1)OCCO2. The maximum atomic E-state index is 12.6. The fraction of sp³-hybridized carbons (Fsp3) is 0.300. The molecule has 0 bridgehead atoms. The highest BCUT2D eigenvalue weighted by atomic mass is 16.6. The van der Waals surface area contributed by atoms with Crippen LogP contribution in [0.4, 0.5) is 0 Å². The smallest absolute Gasteiger partial charge is 0.337 e. The highest BCUT2D eigenvalue weighted by molar-refractivity contribution is 5.98. The lowest BCUT2D eigenvalue weighted by Gasteiger charge is -2.22. The van der Waals surface area contributed by atoms with E-state index in [4.69, 9.17) is 14.2 Å². The van der Waals surface area contributed by atoms with Gasteiger partial charge in [0.1, 0.15) is 13.2 Å². The van der Waals surface area contributed by atoms with Crippen molar-refractivity contribution in [3.05, 3.63) is 59.2 Å². The van der Waals surface area contributed by atoms with Crippen molar-refractivity contribution in [2.24, 2.45) is 0 Å². The molecule has 1 aliphatic heterocycles. The Balaban J connectivity index is 1.78. The fourth-order valence-electron chi connectivity index (χ4n) is 2.84. The number of esters is 1. The van der Waals surface area contributed by atoms with E-state index in [-0.39, 0.29) is 11.9 Å². The third kappa shape index (κ3) is 3.79. The van der Waals surface area contributed by atoms with Crippen molar-refractivity contribution in [2.45, 2.75) is 19.4 Å². The summed E-state index contributed by atoms with van der Waals surface area (Å²) in [6.45, 7) is 3.05. The Morgan fingerprint density at radius 1 is 1.08 bits per heavy atom. The summed E-state index contributed by atoms with van der Waals surface area (Å²) in [4.78, 5) is 24.3. The van der Waals surface area contributed by atoms with Gasteiger partial charge in [0.15, 0.2) is 11.5 Å². The molecule has 6 nitrogen and oxygen atoms in total. The lowest BCUT2D eigenvalue weighted by molar-refractivity contribution is 0.0600. The van der Waals surface area contributed by atoms with Gasteiger partial charge in [-0.1, -0.05) is 19.1 Å². The van der Waals surface area contributed by atoms with Gasteiger partial charge >= 0.3 is 5.97 Å². The molecular weight excluding hydrogens is 334 g/mol. The van der Waals surface area contributed by atoms with Crippen molar-refractivity contribution in [3.8, 4) is 11.5 Å². The first-order valence-corrected chi connectivity index (χ1v) is 8.51. The van der Waals surface area contributed by atoms with Crippen LogP contribution < -0.4 is 14.8 Å². The molecule has 3 rings (SSSR count). The van der Waals surface area contributed by atoms with E-state index in [0.29, 0.717) is 42.3 Å². The predicted molar refractivity (Wildman–Crippen MR) is 95.7 cm³/mol. The number of carbonyl (C=O) groups is 2. The average molecular weight is 355 g/mol. The van der Waals surface area contributed by atoms with Crippen molar-refractivity contribution in [1.29, 1.82) is 0 Å². The summed E-state index contributed by atoms with van der Waals surface area (Å²) in [5, 5.41) is 3.00. The molecule has 1 amide bonds. The van der Waals surface area contributed by atoms with Crippen LogP contribution in [0, 0.1) is 0 Å². The molecule has 0 saturated carbocycles. The molecule has 1 N–H and O–H groups in total. The molecule has 1 heterocycles. The second-order valence-corrected chi connectivity index (χ2v) is 5.91. The number of amides is 1. The summed E-state index contributed by atoms with van der Waals surface area (Å²) in [5.74, 6) is 0.678. The molecule has 0 spiro atoms. The van der Waals surface area contributed by atoms with Crippen LogP contribution in [0.1, 0.15) is 45.7 Å². The summed E-state index contributed by atoms with van der Waals surface area (Å²) in [6, 6.07) is 12.0. The van der Waals surface area contributed by atoms with Gasteiger partial charge in [-0.3, -0.25) is 4.79 Å². The Hall–Kier alpha value is -3.02. The minimum Gasteiger partial charge on any atom is -0.486 e. The first kappa shape index (κ1) is 17.8. The summed E-state index contributed by atoms with van der Waals surface area (Å²) < 4.78 is 15.8. The zero-order valence-corrected chi connectivity index (χ0v) is 14.8. The number of hydrogen-bond donors (Lipinski definition) is 1. The summed E-state index contributed by atoms with van der Waals surface area (Å²) in [5.41, 5.74) is 1.69. The van der Waals surface area contributed by atoms with E-state index in [1.165, 1.54) is 13.2 Å². The summed E-state index contributed by atoms with van der Waals surface area (Å²) >= 11 is 0. The van der Waals surface area contributed by atoms with Crippen LogP contribution >= 0.6 is 0 Å². The quantitative estimate of drug-likeness (QED) is 0.834. The average Bonchev–Trinajstić information content (AvgIpc) is 2.70. The Kier molecular flexibility index (Phi) is 5.41. The molecule has 0 aromatic heterocycles. The van der Waals surface area contributed by atoms with Gasteiger partial charge in [-0.2, -0.15) is 0 Å². The maximum absolute atomic E-state index is 12.6. The number of benzene rings is 2. The molecule has 0 saturated heterocycles. The normalized spacial score (nSPS) is 13.6. The molecule has 2 aromatic rings. The van der Waals surface area contributed by atoms with Crippen molar-refractivity contribution < 1.29 is 23.8 Å². The Morgan fingerprint density at radius 2 is 1.81 bits per heavy atom. The lowest BCUT2D eigenvalue weighted by atomic mass is 10.0. The van der Waals surface area contributed by atoms with E-state index in [1.807, 2.05) is 25.1 Å². The summed E-state index contributed by atoms with van der Waals surface area (Å²) in [7, 11) is 1.31. The molecule has 0 radical (unpaired) electrons. The van der Waals surface area contributed by atoms with Crippen LogP contribution in [0.5, 0.6) is 11.5 Å². The molecule has 0 aliphatic carbocycles. The van der Waals surface area contributed by atoms with E-state index in [2.05, 4.69) is 5.32 Å². The molecule has 26 heavy (non-hydrogen) atoms. The van der Waals surface area contributed by atoms with Crippen LogP contribution in [-0.2, 0) is 4.74 Å². The molecule has 1 unspecified atom stereocenters. The highest BCUT2D eigenvalue weighted by Gasteiger charge is 2.19. The number of hydrogen-bond acceptors (Lipinski definition) is 5. The summed E-state index contributed by atoms with van der Waals surface area (Å²) in [6.07, 6.45) is 0.710. The minimum absolute atomic E-state index is 0.180. The van der Waals surface area contributed by atoms with E-state index in [9.17, 15) is 9.59 Å². The Bertz CT molecular complexity index is 818. The number of methoxy groups -OCH3 is 1. The molecule has 136 valence electrons. The molecule has 1 atom stereocenters. The standard InChI is InChI=1S/C20H21NO5/c1-3-16(13-7-8-17-18(12-13)26-10-9-25-17)21-19(22)14-5-4-6-15(11-14)20(23)24-2/h4-8,11-12,16H,3,9-10H2,1-2H3,(H,21,22). The second-order valence-electron chi connectivity index (χ2n) is 5.91. The molecule has 6 heteroatoms. The van der Waals surface area contributed by atoms with E-state index in [1.54, 1.807) is 18.2 Å². The topological polar surface area (TPSA) is 73.9 Å². The Labute approximate surface area is 152 Å². The van der Waals surface area contributed by atoms with E-state index in [0.717, 1.165) is 5.56 Å². The highest BCUT2D eigenvalue weighted by Crippen LogP contribution is 2.33. The predicted octanol–water partition coefficient (Wildman–Crippen LogP) is 3.13. The van der Waals surface area contributed by atoms with Gasteiger partial charge in [-0.15, -0.1) is 0 Å². The van der Waals surface area contributed by atoms with Gasteiger partial charge in [-0.05, 0) is 42.3 Å². The zero-order chi connectivity index (χ0) is 18.5. The number of carbonyl (C=O) groups excluding carboxylic acids is 2. The third-order valence-electron chi connectivity index (χ3n) is 4.23. The van der Waals surface area contributed by atoms with Gasteiger partial charge in [0.2, 0.25) is 0 Å². The molecule has 2 aromatic carbocycles. The monoisotopic (exact) mass is 355 g/mol. The molecular formula is C20H21NO5. The van der Waals surface area contributed by atoms with Crippen LogP contribution in [0.2, 0.25) is 0 Å². The van der Waals surface area contributed by atoms with Crippen LogP contribution in [-0.4, -0.2) is 32.2 Å². The van der Waals surface area contributed by atoms with Gasteiger partial charge in [0.05, 0.1) is 18.7 Å². The first-order valence-electron chi connectivity index (χ1n) is 8.51. The number of fused-ring (bicyclic) bond motifs is 1. The van der Waals surface area contributed by atoms with Crippen LogP contribution in [0.25, 0.3) is 0 Å². The lowest BCUT2D eigenvalue weighted by Crippen LogP contribution is -2.28. The van der Waals surface area contributed by atoms with Gasteiger partial charge in [-0.25, -0.2) is 4.79 Å². The first-order chi connectivity index (χ1) is 12.6. The number of rotatable bonds is 5. The second kappa shape index (κ2) is 7.91. The van der Waals surface area contributed by atoms with E-state index >= 15 is 0 Å². The largest absolute Gasteiger partial charge is 0.486 e. The van der Waals surface area contributed by atoms with Gasteiger partial charge in [0, 0.05) is 5.56 Å². The maximum Gasteiger partial charge on any atom is 0.337 e. The van der Waals surface area contributed by atoms with Crippen molar-refractivity contribution in [2.75, 3.05) is 20.3 Å².